The minimum atomic E-state index is -0.788. The van der Waals surface area contributed by atoms with Gasteiger partial charge in [0.25, 0.3) is 0 Å². The first-order valence-corrected chi connectivity index (χ1v) is 7.87. The highest BCUT2D eigenvalue weighted by molar-refractivity contribution is 6.40. The topological polar surface area (TPSA) is 78.4 Å². The summed E-state index contributed by atoms with van der Waals surface area (Å²) in [6.07, 6.45) is 2.13. The van der Waals surface area contributed by atoms with Gasteiger partial charge in [0, 0.05) is 28.2 Å². The lowest BCUT2D eigenvalue weighted by Crippen LogP contribution is -2.39. The number of amides is 2. The molecule has 2 unspecified atom stereocenters. The minimum Gasteiger partial charge on any atom is -0.393 e. The largest absolute Gasteiger partial charge is 0.393 e. The van der Waals surface area contributed by atoms with Gasteiger partial charge in [0.2, 0.25) is 0 Å². The van der Waals surface area contributed by atoms with Crippen molar-refractivity contribution in [1.82, 2.24) is 5.32 Å². The van der Waals surface area contributed by atoms with E-state index in [0.717, 1.165) is 19.3 Å². The van der Waals surface area contributed by atoms with Crippen LogP contribution in [0.5, 0.6) is 0 Å². The molecule has 0 aromatic heterocycles. The van der Waals surface area contributed by atoms with Crippen LogP contribution in [0.15, 0.2) is 12.1 Å². The maximum absolute atomic E-state index is 11.8. The van der Waals surface area contributed by atoms with E-state index >= 15 is 0 Å². The maximum Gasteiger partial charge on any atom is 0.313 e. The highest BCUT2D eigenvalue weighted by atomic mass is 35.5. The van der Waals surface area contributed by atoms with E-state index in [4.69, 9.17) is 23.2 Å². The SMILES string of the molecule is Cc1c(Cl)cc(NC(=O)C(=O)NCC2CCCC2O)cc1Cl. The average Bonchev–Trinajstić information content (AvgIpc) is 2.87. The Morgan fingerprint density at radius 3 is 2.41 bits per heavy atom. The number of nitrogens with one attached hydrogen (secondary N) is 2. The quantitative estimate of drug-likeness (QED) is 0.737. The summed E-state index contributed by atoms with van der Waals surface area (Å²) in [5, 5.41) is 15.5. The van der Waals surface area contributed by atoms with Crippen molar-refractivity contribution >= 4 is 40.7 Å². The summed E-state index contributed by atoms with van der Waals surface area (Å²) in [4.78, 5) is 23.6. The summed E-state index contributed by atoms with van der Waals surface area (Å²) in [6, 6.07) is 3.07. The number of carbonyl (C=O) groups excluding carboxylic acids is 2. The zero-order valence-electron chi connectivity index (χ0n) is 12.2. The Bertz CT molecular complexity index is 569. The van der Waals surface area contributed by atoms with Crippen LogP contribution < -0.4 is 10.6 Å². The number of rotatable bonds is 3. The molecule has 0 bridgehead atoms. The molecule has 1 aliphatic carbocycles. The van der Waals surface area contributed by atoms with Crippen molar-refractivity contribution in [1.29, 1.82) is 0 Å². The summed E-state index contributed by atoms with van der Waals surface area (Å²) >= 11 is 12.0. The predicted molar refractivity (Wildman–Crippen MR) is 86.2 cm³/mol. The Hall–Kier alpha value is -1.30. The van der Waals surface area contributed by atoms with Gasteiger partial charge in [-0.3, -0.25) is 9.59 Å². The number of carbonyl (C=O) groups is 2. The number of aliphatic hydroxyl groups is 1. The monoisotopic (exact) mass is 344 g/mol. The van der Waals surface area contributed by atoms with Crippen LogP contribution in [0.25, 0.3) is 0 Å². The number of halogens is 2. The van der Waals surface area contributed by atoms with Crippen molar-refractivity contribution < 1.29 is 14.7 Å². The molecule has 2 amide bonds. The molecule has 0 spiro atoms. The predicted octanol–water partition coefficient (Wildman–Crippen LogP) is 2.52. The number of anilines is 1. The van der Waals surface area contributed by atoms with Gasteiger partial charge in [-0.15, -0.1) is 0 Å². The van der Waals surface area contributed by atoms with E-state index in [0.29, 0.717) is 27.8 Å². The van der Waals surface area contributed by atoms with E-state index in [1.165, 1.54) is 12.1 Å². The van der Waals surface area contributed by atoms with Gasteiger partial charge in [-0.2, -0.15) is 0 Å². The number of hydrogen-bond donors (Lipinski definition) is 3. The zero-order valence-corrected chi connectivity index (χ0v) is 13.7. The smallest absolute Gasteiger partial charge is 0.313 e. The van der Waals surface area contributed by atoms with Crippen LogP contribution in [0, 0.1) is 12.8 Å². The molecule has 1 aromatic carbocycles. The van der Waals surface area contributed by atoms with Gasteiger partial charge in [-0.05, 0) is 37.5 Å². The Balaban J connectivity index is 1.90. The van der Waals surface area contributed by atoms with Gasteiger partial charge in [0.15, 0.2) is 0 Å². The second-order valence-electron chi connectivity index (χ2n) is 5.49. The van der Waals surface area contributed by atoms with Crippen molar-refractivity contribution in [2.24, 2.45) is 5.92 Å². The number of hydrogen-bond acceptors (Lipinski definition) is 3. The van der Waals surface area contributed by atoms with E-state index in [9.17, 15) is 14.7 Å². The van der Waals surface area contributed by atoms with Crippen LogP contribution in [0.3, 0.4) is 0 Å². The van der Waals surface area contributed by atoms with Crippen LogP contribution in [-0.2, 0) is 9.59 Å². The summed E-state index contributed by atoms with van der Waals surface area (Å²) in [6.45, 7) is 2.05. The first-order chi connectivity index (χ1) is 10.4. The third kappa shape index (κ3) is 4.12. The first-order valence-electron chi connectivity index (χ1n) is 7.11. The van der Waals surface area contributed by atoms with E-state index in [-0.39, 0.29) is 5.92 Å². The van der Waals surface area contributed by atoms with Gasteiger partial charge in [-0.1, -0.05) is 29.6 Å². The lowest BCUT2D eigenvalue weighted by molar-refractivity contribution is -0.136. The molecule has 120 valence electrons. The van der Waals surface area contributed by atoms with Gasteiger partial charge in [-0.25, -0.2) is 0 Å². The fourth-order valence-electron chi connectivity index (χ4n) is 2.46. The van der Waals surface area contributed by atoms with Gasteiger partial charge >= 0.3 is 11.8 Å². The second kappa shape index (κ2) is 7.31. The van der Waals surface area contributed by atoms with E-state index < -0.39 is 17.9 Å². The van der Waals surface area contributed by atoms with Crippen LogP contribution in [0.1, 0.15) is 24.8 Å². The molecule has 2 rings (SSSR count). The highest BCUT2D eigenvalue weighted by Crippen LogP contribution is 2.28. The molecule has 1 aromatic rings. The standard InChI is InChI=1S/C15H18Cl2N2O3/c1-8-11(16)5-10(6-12(8)17)19-15(22)14(21)18-7-9-3-2-4-13(9)20/h5-6,9,13,20H,2-4,7H2,1H3,(H,18,21)(H,19,22). The lowest BCUT2D eigenvalue weighted by Gasteiger charge is -2.15. The molecule has 0 aliphatic heterocycles. The summed E-state index contributed by atoms with van der Waals surface area (Å²) in [7, 11) is 0. The Morgan fingerprint density at radius 2 is 1.86 bits per heavy atom. The third-order valence-electron chi connectivity index (χ3n) is 3.89. The molecule has 7 heteroatoms. The van der Waals surface area contributed by atoms with Crippen molar-refractivity contribution in [3.63, 3.8) is 0 Å². The minimum absolute atomic E-state index is 0.0139. The maximum atomic E-state index is 11.8. The van der Waals surface area contributed by atoms with E-state index in [1.807, 2.05) is 0 Å². The fraction of sp³-hybridized carbons (Fsp3) is 0.467. The molecule has 5 nitrogen and oxygen atoms in total. The lowest BCUT2D eigenvalue weighted by atomic mass is 10.1. The van der Waals surface area contributed by atoms with Crippen molar-refractivity contribution in [2.75, 3.05) is 11.9 Å². The van der Waals surface area contributed by atoms with Crippen molar-refractivity contribution in [2.45, 2.75) is 32.3 Å². The number of aliphatic hydroxyl groups excluding tert-OH is 1. The average molecular weight is 345 g/mol. The molecule has 0 saturated heterocycles. The van der Waals surface area contributed by atoms with Gasteiger partial charge in [0.05, 0.1) is 6.10 Å². The van der Waals surface area contributed by atoms with Crippen LogP contribution in [0.4, 0.5) is 5.69 Å². The van der Waals surface area contributed by atoms with Crippen LogP contribution >= 0.6 is 23.2 Å². The van der Waals surface area contributed by atoms with Gasteiger partial charge in [0.1, 0.15) is 0 Å². The molecule has 2 atom stereocenters. The molecule has 0 heterocycles. The molecule has 22 heavy (non-hydrogen) atoms. The molecule has 1 aliphatic rings. The number of benzene rings is 1. The van der Waals surface area contributed by atoms with Crippen LogP contribution in [0.2, 0.25) is 10.0 Å². The molecule has 1 fully saturated rings. The van der Waals surface area contributed by atoms with Crippen molar-refractivity contribution in [3.8, 4) is 0 Å². The Morgan fingerprint density at radius 1 is 1.23 bits per heavy atom. The molecule has 1 saturated carbocycles. The molecular formula is C15H18Cl2N2O3. The van der Waals surface area contributed by atoms with Crippen molar-refractivity contribution in [3.05, 3.63) is 27.7 Å². The van der Waals surface area contributed by atoms with Gasteiger partial charge < -0.3 is 15.7 Å². The zero-order chi connectivity index (χ0) is 16.3. The third-order valence-corrected chi connectivity index (χ3v) is 4.67. The van der Waals surface area contributed by atoms with E-state index in [2.05, 4.69) is 10.6 Å². The normalized spacial score (nSPS) is 20.7. The summed E-state index contributed by atoms with van der Waals surface area (Å²) in [5.41, 5.74) is 1.07. The Labute approximate surface area is 139 Å². The first kappa shape index (κ1) is 17.1. The molecular weight excluding hydrogens is 327 g/mol. The fourth-order valence-corrected chi connectivity index (χ4v) is 2.95. The summed E-state index contributed by atoms with van der Waals surface area (Å²) < 4.78 is 0. The van der Waals surface area contributed by atoms with Crippen LogP contribution in [-0.4, -0.2) is 29.6 Å². The second-order valence-corrected chi connectivity index (χ2v) is 6.30. The highest BCUT2D eigenvalue weighted by Gasteiger charge is 2.26. The summed E-state index contributed by atoms with van der Waals surface area (Å²) in [5.74, 6) is -1.52. The molecule has 3 N–H and O–H groups in total. The Kier molecular flexibility index (Phi) is 5.67. The van der Waals surface area contributed by atoms with E-state index in [1.54, 1.807) is 6.92 Å². The molecule has 0 radical (unpaired) electrons.